The molecule has 0 bridgehead atoms. The van der Waals surface area contributed by atoms with Crippen LogP contribution in [-0.4, -0.2) is 36.5 Å². The van der Waals surface area contributed by atoms with Gasteiger partial charge in [-0.05, 0) is 48.0 Å². The van der Waals surface area contributed by atoms with E-state index in [1.807, 2.05) is 54.6 Å². The number of nitrogens with zero attached hydrogens (tertiary/aromatic N) is 3. The van der Waals surface area contributed by atoms with Gasteiger partial charge in [-0.2, -0.15) is 5.10 Å². The minimum absolute atomic E-state index is 0.253. The van der Waals surface area contributed by atoms with Crippen molar-refractivity contribution in [3.8, 4) is 22.6 Å². The zero-order valence-corrected chi connectivity index (χ0v) is 19.4. The first-order valence-corrected chi connectivity index (χ1v) is 12.1. The van der Waals surface area contributed by atoms with Gasteiger partial charge in [-0.15, -0.1) is 0 Å². The lowest BCUT2D eigenvalue weighted by Gasteiger charge is -2.08. The van der Waals surface area contributed by atoms with E-state index in [-0.39, 0.29) is 11.6 Å². The maximum Gasteiger partial charge on any atom is 0.276 e. The van der Waals surface area contributed by atoms with Crippen LogP contribution < -0.4 is 14.8 Å². The van der Waals surface area contributed by atoms with Gasteiger partial charge in [-0.3, -0.25) is 19.6 Å². The van der Waals surface area contributed by atoms with Gasteiger partial charge in [0.2, 0.25) is 0 Å². The Hall–Kier alpha value is -4.57. The van der Waals surface area contributed by atoms with E-state index in [2.05, 4.69) is 30.2 Å². The van der Waals surface area contributed by atoms with Crippen LogP contribution in [0.3, 0.4) is 0 Å². The lowest BCUT2D eigenvalue weighted by Crippen LogP contribution is -2.13. The average Bonchev–Trinajstić information content (AvgIpc) is 3.29. The number of H-pyrrole nitrogens is 1. The van der Waals surface area contributed by atoms with Gasteiger partial charge in [0.15, 0.2) is 5.69 Å². The molecule has 0 fully saturated rings. The molecule has 0 aliphatic carbocycles. The van der Waals surface area contributed by atoms with Crippen molar-refractivity contribution >= 4 is 39.3 Å². The number of ether oxygens (including phenoxy) is 1. The van der Waals surface area contributed by atoms with Gasteiger partial charge < -0.3 is 10.1 Å². The van der Waals surface area contributed by atoms with Crippen molar-refractivity contribution in [1.82, 2.24) is 20.2 Å². The van der Waals surface area contributed by atoms with Crippen LogP contribution >= 0.6 is 0 Å². The van der Waals surface area contributed by atoms with Crippen molar-refractivity contribution < 1.29 is 13.7 Å². The number of carbonyl (C=O) groups is 1. The third-order valence-electron chi connectivity index (χ3n) is 5.07. The predicted octanol–water partition coefficient (Wildman–Crippen LogP) is 4.77. The maximum absolute atomic E-state index is 12.9. The van der Waals surface area contributed by atoms with Crippen molar-refractivity contribution in [2.75, 3.05) is 16.3 Å². The molecule has 35 heavy (non-hydrogen) atoms. The SMILES string of the molecule is CS(=O)Nc1ccc(NC(=O)c2n[nH]c3ccc(-c4cncc(Oc5ccccc5)c4)cc23)cn1. The van der Waals surface area contributed by atoms with Crippen molar-refractivity contribution in [3.05, 3.63) is 91.0 Å². The second-order valence-electron chi connectivity index (χ2n) is 7.60. The number of pyridine rings is 2. The smallest absolute Gasteiger partial charge is 0.276 e. The van der Waals surface area contributed by atoms with Crippen LogP contribution in [0.25, 0.3) is 22.0 Å². The highest BCUT2D eigenvalue weighted by molar-refractivity contribution is 7.85. The molecule has 1 amide bonds. The molecule has 0 aliphatic heterocycles. The number of hydrogen-bond acceptors (Lipinski definition) is 6. The summed E-state index contributed by atoms with van der Waals surface area (Å²) in [5.41, 5.74) is 3.18. The predicted molar refractivity (Wildman–Crippen MR) is 136 cm³/mol. The topological polar surface area (TPSA) is 122 Å². The summed E-state index contributed by atoms with van der Waals surface area (Å²) < 4.78 is 19.8. The number of para-hydroxylation sites is 1. The summed E-state index contributed by atoms with van der Waals surface area (Å²) in [6.07, 6.45) is 6.39. The van der Waals surface area contributed by atoms with E-state index in [0.29, 0.717) is 22.6 Å². The van der Waals surface area contributed by atoms with Crippen LogP contribution in [0.4, 0.5) is 11.5 Å². The highest BCUT2D eigenvalue weighted by Gasteiger charge is 2.16. The third kappa shape index (κ3) is 5.17. The molecule has 1 atom stereocenters. The molecule has 9 nitrogen and oxygen atoms in total. The van der Waals surface area contributed by atoms with Crippen molar-refractivity contribution in [3.63, 3.8) is 0 Å². The highest BCUT2D eigenvalue weighted by Crippen LogP contribution is 2.29. The summed E-state index contributed by atoms with van der Waals surface area (Å²) in [6.45, 7) is 0. The first-order valence-electron chi connectivity index (χ1n) is 10.6. The Morgan fingerprint density at radius 2 is 1.80 bits per heavy atom. The zero-order valence-electron chi connectivity index (χ0n) is 18.6. The number of hydrogen-bond donors (Lipinski definition) is 3. The zero-order chi connectivity index (χ0) is 24.2. The first kappa shape index (κ1) is 22.2. The number of carbonyl (C=O) groups excluding carboxylic acids is 1. The van der Waals surface area contributed by atoms with Crippen molar-refractivity contribution in [1.29, 1.82) is 0 Å². The molecule has 0 saturated carbocycles. The maximum atomic E-state index is 12.9. The van der Waals surface area contributed by atoms with E-state index in [4.69, 9.17) is 4.74 Å². The minimum Gasteiger partial charge on any atom is -0.456 e. The summed E-state index contributed by atoms with van der Waals surface area (Å²) in [5.74, 6) is 1.40. The number of fused-ring (bicyclic) bond motifs is 1. The van der Waals surface area contributed by atoms with Gasteiger partial charge in [0.25, 0.3) is 5.91 Å². The van der Waals surface area contributed by atoms with Crippen LogP contribution in [0.2, 0.25) is 0 Å². The molecule has 3 N–H and O–H groups in total. The molecule has 1 unspecified atom stereocenters. The second kappa shape index (κ2) is 9.74. The molecular formula is C25H20N6O3S. The molecule has 5 aromatic rings. The fraction of sp³-hybridized carbons (Fsp3) is 0.0400. The van der Waals surface area contributed by atoms with Crippen LogP contribution in [0.1, 0.15) is 10.5 Å². The average molecular weight is 485 g/mol. The van der Waals surface area contributed by atoms with Gasteiger partial charge in [0.1, 0.15) is 28.3 Å². The molecule has 174 valence electrons. The van der Waals surface area contributed by atoms with Crippen molar-refractivity contribution in [2.24, 2.45) is 0 Å². The van der Waals surface area contributed by atoms with E-state index in [1.54, 1.807) is 24.5 Å². The number of amides is 1. The Morgan fingerprint density at radius 1 is 0.943 bits per heavy atom. The molecule has 3 aromatic heterocycles. The Labute approximate surface area is 203 Å². The molecule has 0 saturated heterocycles. The highest BCUT2D eigenvalue weighted by atomic mass is 32.2. The molecule has 10 heteroatoms. The summed E-state index contributed by atoms with van der Waals surface area (Å²) in [7, 11) is -1.23. The Bertz CT molecular complexity index is 1520. The Morgan fingerprint density at radius 3 is 2.57 bits per heavy atom. The third-order valence-corrected chi connectivity index (χ3v) is 5.57. The first-order chi connectivity index (χ1) is 17.0. The van der Waals surface area contributed by atoms with Crippen LogP contribution in [0, 0.1) is 0 Å². The number of rotatable bonds is 7. The molecule has 2 aromatic carbocycles. The van der Waals surface area contributed by atoms with Gasteiger partial charge in [-0.1, -0.05) is 24.3 Å². The number of anilines is 2. The summed E-state index contributed by atoms with van der Waals surface area (Å²) >= 11 is 0. The number of benzene rings is 2. The quantitative estimate of drug-likeness (QED) is 0.306. The van der Waals surface area contributed by atoms with Gasteiger partial charge in [0.05, 0.1) is 23.6 Å². The molecule has 5 rings (SSSR count). The minimum atomic E-state index is -1.23. The summed E-state index contributed by atoms with van der Waals surface area (Å²) in [4.78, 5) is 21.4. The van der Waals surface area contributed by atoms with Crippen molar-refractivity contribution in [2.45, 2.75) is 0 Å². The summed E-state index contributed by atoms with van der Waals surface area (Å²) in [6, 6.07) is 20.4. The van der Waals surface area contributed by atoms with E-state index >= 15 is 0 Å². The van der Waals surface area contributed by atoms with Gasteiger partial charge in [0, 0.05) is 23.4 Å². The fourth-order valence-corrected chi connectivity index (χ4v) is 3.90. The van der Waals surface area contributed by atoms with E-state index in [1.165, 1.54) is 12.5 Å². The molecule has 0 spiro atoms. The van der Waals surface area contributed by atoms with E-state index < -0.39 is 11.0 Å². The number of aromatic amines is 1. The standard InChI is InChI=1S/C25H20N6O3S/c1-35(33)31-23-10-8-18(14-27-23)28-25(32)24-21-12-16(7-9-22(21)29-30-24)17-11-20(15-26-13-17)34-19-5-3-2-4-6-19/h2-15H,1H3,(H,27,31)(H,28,32)(H,29,30). The monoisotopic (exact) mass is 484 g/mol. The van der Waals surface area contributed by atoms with E-state index in [0.717, 1.165) is 22.4 Å². The molecule has 3 heterocycles. The normalized spacial score (nSPS) is 11.7. The molecular weight excluding hydrogens is 464 g/mol. The largest absolute Gasteiger partial charge is 0.456 e. The second-order valence-corrected chi connectivity index (χ2v) is 8.71. The number of nitrogens with one attached hydrogen (secondary N) is 3. The van der Waals surface area contributed by atoms with Gasteiger partial charge in [-0.25, -0.2) is 9.19 Å². The van der Waals surface area contributed by atoms with Crippen LogP contribution in [-0.2, 0) is 11.0 Å². The molecule has 0 radical (unpaired) electrons. The van der Waals surface area contributed by atoms with Gasteiger partial charge >= 0.3 is 0 Å². The van der Waals surface area contributed by atoms with Crippen LogP contribution in [0.5, 0.6) is 11.5 Å². The summed E-state index contributed by atoms with van der Waals surface area (Å²) in [5, 5.41) is 10.6. The van der Waals surface area contributed by atoms with Crippen LogP contribution in [0.15, 0.2) is 85.3 Å². The lowest BCUT2D eigenvalue weighted by molar-refractivity contribution is 0.102. The Balaban J connectivity index is 1.38. The fourth-order valence-electron chi connectivity index (χ4n) is 3.49. The Kier molecular flexibility index (Phi) is 6.18. The number of aromatic nitrogens is 4. The van der Waals surface area contributed by atoms with E-state index in [9.17, 15) is 9.00 Å². The molecule has 0 aliphatic rings. The lowest BCUT2D eigenvalue weighted by atomic mass is 10.0.